The lowest BCUT2D eigenvalue weighted by Crippen LogP contribution is -2.25. The number of nitriles is 1. The molecule has 0 aliphatic carbocycles. The van der Waals surface area contributed by atoms with E-state index in [4.69, 9.17) is 10.4 Å². The summed E-state index contributed by atoms with van der Waals surface area (Å²) >= 11 is 0. The van der Waals surface area contributed by atoms with E-state index < -0.39 is 5.60 Å². The maximum absolute atomic E-state index is 9.63. The quantitative estimate of drug-likeness (QED) is 0.700. The molecule has 0 heterocycles. The first-order valence-corrected chi connectivity index (χ1v) is 3.94. The molecule has 0 radical (unpaired) electrons. The summed E-state index contributed by atoms with van der Waals surface area (Å²) in [5.41, 5.74) is -0.0833. The van der Waals surface area contributed by atoms with Crippen LogP contribution >= 0.6 is 0 Å². The average molecular weight is 177 g/mol. The van der Waals surface area contributed by atoms with Gasteiger partial charge in [-0.1, -0.05) is 12.1 Å². The van der Waals surface area contributed by atoms with Gasteiger partial charge in [0.2, 0.25) is 0 Å². The predicted molar refractivity (Wildman–Crippen MR) is 47.8 cm³/mol. The molecule has 1 aromatic rings. The number of aliphatic hydroxyl groups excluding tert-OH is 1. The van der Waals surface area contributed by atoms with Crippen molar-refractivity contribution in [1.82, 2.24) is 0 Å². The monoisotopic (exact) mass is 177 g/mol. The second kappa shape index (κ2) is 3.56. The Morgan fingerprint density at radius 1 is 1.38 bits per heavy atom. The fraction of sp³-hybridized carbons (Fsp3) is 0.300. The molecule has 0 aliphatic heterocycles. The van der Waals surface area contributed by atoms with Gasteiger partial charge in [-0.15, -0.1) is 0 Å². The first-order valence-electron chi connectivity index (χ1n) is 3.94. The molecule has 1 aromatic carbocycles. The van der Waals surface area contributed by atoms with E-state index in [0.29, 0.717) is 11.1 Å². The van der Waals surface area contributed by atoms with Crippen LogP contribution in [0.3, 0.4) is 0 Å². The van der Waals surface area contributed by atoms with Crippen LogP contribution < -0.4 is 0 Å². The number of aliphatic hydroxyl groups is 2. The highest BCUT2D eigenvalue weighted by Gasteiger charge is 2.21. The first kappa shape index (κ1) is 9.72. The van der Waals surface area contributed by atoms with Gasteiger partial charge in [0.05, 0.1) is 18.2 Å². The van der Waals surface area contributed by atoms with Gasteiger partial charge in [-0.25, -0.2) is 0 Å². The lowest BCUT2D eigenvalue weighted by molar-refractivity contribution is -0.00228. The summed E-state index contributed by atoms with van der Waals surface area (Å²) in [7, 11) is 0. The van der Waals surface area contributed by atoms with Gasteiger partial charge in [-0.3, -0.25) is 0 Å². The Kier molecular flexibility index (Phi) is 2.66. The van der Waals surface area contributed by atoms with Crippen LogP contribution in [0.5, 0.6) is 0 Å². The van der Waals surface area contributed by atoms with E-state index >= 15 is 0 Å². The summed E-state index contributed by atoms with van der Waals surface area (Å²) in [6.45, 7) is 1.19. The highest BCUT2D eigenvalue weighted by atomic mass is 16.3. The third-order valence-electron chi connectivity index (χ3n) is 1.94. The summed E-state index contributed by atoms with van der Waals surface area (Å²) in [5.74, 6) is 0. The summed E-state index contributed by atoms with van der Waals surface area (Å²) in [6.07, 6.45) is 0. The van der Waals surface area contributed by atoms with Gasteiger partial charge in [0, 0.05) is 0 Å². The molecule has 3 nitrogen and oxygen atoms in total. The van der Waals surface area contributed by atoms with Gasteiger partial charge in [0.1, 0.15) is 5.60 Å². The molecule has 0 saturated carbocycles. The van der Waals surface area contributed by atoms with E-state index in [1.165, 1.54) is 6.92 Å². The van der Waals surface area contributed by atoms with Crippen molar-refractivity contribution >= 4 is 0 Å². The molecular weight excluding hydrogens is 166 g/mol. The number of nitrogens with zero attached hydrogens (tertiary/aromatic N) is 1. The van der Waals surface area contributed by atoms with Crippen molar-refractivity contribution in [1.29, 1.82) is 5.26 Å². The van der Waals surface area contributed by atoms with Crippen molar-refractivity contribution in [2.45, 2.75) is 12.5 Å². The van der Waals surface area contributed by atoms with E-state index in [-0.39, 0.29) is 6.61 Å². The van der Waals surface area contributed by atoms with Crippen molar-refractivity contribution < 1.29 is 10.2 Å². The van der Waals surface area contributed by atoms with Crippen LogP contribution in [0.15, 0.2) is 24.3 Å². The van der Waals surface area contributed by atoms with Gasteiger partial charge in [-0.2, -0.15) is 5.26 Å². The van der Waals surface area contributed by atoms with Crippen LogP contribution in [-0.4, -0.2) is 16.8 Å². The largest absolute Gasteiger partial charge is 0.393 e. The number of hydrogen-bond donors (Lipinski definition) is 2. The van der Waals surface area contributed by atoms with Crippen molar-refractivity contribution in [3.63, 3.8) is 0 Å². The van der Waals surface area contributed by atoms with Crippen LogP contribution in [-0.2, 0) is 5.60 Å². The van der Waals surface area contributed by atoms with Gasteiger partial charge in [-0.05, 0) is 24.6 Å². The summed E-state index contributed by atoms with van der Waals surface area (Å²) in [6, 6.07) is 8.47. The Morgan fingerprint density at radius 3 is 2.31 bits per heavy atom. The van der Waals surface area contributed by atoms with E-state index in [2.05, 4.69) is 0 Å². The lowest BCUT2D eigenvalue weighted by Gasteiger charge is -2.20. The second-order valence-electron chi connectivity index (χ2n) is 3.12. The third-order valence-corrected chi connectivity index (χ3v) is 1.94. The van der Waals surface area contributed by atoms with Gasteiger partial charge < -0.3 is 10.2 Å². The summed E-state index contributed by atoms with van der Waals surface area (Å²) in [5, 5.41) is 27.0. The molecule has 68 valence electrons. The zero-order valence-electron chi connectivity index (χ0n) is 7.36. The normalized spacial score (nSPS) is 14.6. The minimum absolute atomic E-state index is 0.334. The molecular formula is C10H11NO2. The number of benzene rings is 1. The van der Waals surface area contributed by atoms with Crippen LogP contribution in [0.1, 0.15) is 18.1 Å². The molecule has 0 saturated heterocycles. The van der Waals surface area contributed by atoms with E-state index in [1.807, 2.05) is 6.07 Å². The first-order chi connectivity index (χ1) is 6.10. The minimum atomic E-state index is -1.23. The Balaban J connectivity index is 3.00. The molecule has 0 amide bonds. The third kappa shape index (κ3) is 2.05. The van der Waals surface area contributed by atoms with Crippen molar-refractivity contribution in [2.24, 2.45) is 0 Å². The predicted octanol–water partition coefficient (Wildman–Crippen LogP) is 0.758. The minimum Gasteiger partial charge on any atom is -0.393 e. The molecule has 1 atom stereocenters. The zero-order chi connectivity index (χ0) is 9.90. The second-order valence-corrected chi connectivity index (χ2v) is 3.12. The SMILES string of the molecule is CC(O)(CO)c1ccc(C#N)cc1. The molecule has 1 rings (SSSR count). The van der Waals surface area contributed by atoms with Crippen molar-refractivity contribution in [3.8, 4) is 6.07 Å². The zero-order valence-corrected chi connectivity index (χ0v) is 7.36. The van der Waals surface area contributed by atoms with Crippen molar-refractivity contribution in [2.75, 3.05) is 6.61 Å². The molecule has 0 aliphatic rings. The van der Waals surface area contributed by atoms with Gasteiger partial charge >= 0.3 is 0 Å². The van der Waals surface area contributed by atoms with Crippen LogP contribution in [0, 0.1) is 11.3 Å². The Hall–Kier alpha value is -1.37. The number of hydrogen-bond acceptors (Lipinski definition) is 3. The Labute approximate surface area is 76.9 Å². The maximum atomic E-state index is 9.63. The van der Waals surface area contributed by atoms with Crippen LogP contribution in [0.2, 0.25) is 0 Å². The van der Waals surface area contributed by atoms with Crippen LogP contribution in [0.4, 0.5) is 0 Å². The highest BCUT2D eigenvalue weighted by Crippen LogP contribution is 2.19. The lowest BCUT2D eigenvalue weighted by atomic mass is 9.96. The number of rotatable bonds is 2. The van der Waals surface area contributed by atoms with Gasteiger partial charge in [0.15, 0.2) is 0 Å². The topological polar surface area (TPSA) is 64.2 Å². The Morgan fingerprint density at radius 2 is 1.92 bits per heavy atom. The molecule has 0 spiro atoms. The fourth-order valence-electron chi connectivity index (χ4n) is 0.995. The smallest absolute Gasteiger partial charge is 0.110 e. The molecule has 13 heavy (non-hydrogen) atoms. The van der Waals surface area contributed by atoms with E-state index in [9.17, 15) is 5.11 Å². The molecule has 0 fully saturated rings. The Bertz CT molecular complexity index is 322. The van der Waals surface area contributed by atoms with Gasteiger partial charge in [0.25, 0.3) is 0 Å². The summed E-state index contributed by atoms with van der Waals surface area (Å²) < 4.78 is 0. The van der Waals surface area contributed by atoms with Crippen molar-refractivity contribution in [3.05, 3.63) is 35.4 Å². The fourth-order valence-corrected chi connectivity index (χ4v) is 0.995. The molecule has 0 aromatic heterocycles. The molecule has 2 N–H and O–H groups in total. The standard InChI is InChI=1S/C10H11NO2/c1-10(13,7-12)9-4-2-8(6-11)3-5-9/h2-5,12-13H,7H2,1H3. The van der Waals surface area contributed by atoms with Crippen LogP contribution in [0.25, 0.3) is 0 Å². The summed E-state index contributed by atoms with van der Waals surface area (Å²) in [4.78, 5) is 0. The van der Waals surface area contributed by atoms with E-state index in [0.717, 1.165) is 0 Å². The molecule has 0 bridgehead atoms. The maximum Gasteiger partial charge on any atom is 0.110 e. The molecule has 3 heteroatoms. The van der Waals surface area contributed by atoms with E-state index in [1.54, 1.807) is 24.3 Å². The average Bonchev–Trinajstić information content (AvgIpc) is 2.18. The highest BCUT2D eigenvalue weighted by molar-refractivity contribution is 5.33. The molecule has 1 unspecified atom stereocenters.